The molecule has 2 aromatic carbocycles. The predicted molar refractivity (Wildman–Crippen MR) is 113 cm³/mol. The van der Waals surface area contributed by atoms with Gasteiger partial charge in [0.05, 0.1) is 10.7 Å². The van der Waals surface area contributed by atoms with Gasteiger partial charge in [0.2, 0.25) is 5.91 Å². The van der Waals surface area contributed by atoms with Crippen LogP contribution >= 0.6 is 11.8 Å². The van der Waals surface area contributed by atoms with Crippen LogP contribution in [-0.2, 0) is 11.8 Å². The van der Waals surface area contributed by atoms with Crippen LogP contribution in [0.25, 0.3) is 22.6 Å². The number of para-hydroxylation sites is 1. The Kier molecular flexibility index (Phi) is 5.23. The number of amides is 1. The standard InChI is InChI=1S/C20H17N5O4S/c1-12-7-8-14(10-15(12)25(27)28)21-18(26)11-30-20-23-22-19(24(20)2)17-9-13-5-3-4-6-16(13)29-17/h3-10H,11H2,1-2H3,(H,21,26). The molecule has 1 N–H and O–H groups in total. The molecule has 152 valence electrons. The van der Waals surface area contributed by atoms with E-state index in [0.29, 0.717) is 28.0 Å². The summed E-state index contributed by atoms with van der Waals surface area (Å²) in [6, 6.07) is 14.1. The zero-order valence-electron chi connectivity index (χ0n) is 16.2. The van der Waals surface area contributed by atoms with Crippen LogP contribution in [0.4, 0.5) is 11.4 Å². The second kappa shape index (κ2) is 7.99. The lowest BCUT2D eigenvalue weighted by atomic mass is 10.2. The maximum absolute atomic E-state index is 12.3. The van der Waals surface area contributed by atoms with E-state index in [-0.39, 0.29) is 17.3 Å². The Hall–Kier alpha value is -3.66. The maximum atomic E-state index is 12.3. The predicted octanol–water partition coefficient (Wildman–Crippen LogP) is 4.18. The van der Waals surface area contributed by atoms with Gasteiger partial charge in [0.15, 0.2) is 16.7 Å². The molecule has 10 heteroatoms. The van der Waals surface area contributed by atoms with Gasteiger partial charge < -0.3 is 14.3 Å². The normalized spacial score (nSPS) is 11.0. The number of nitro groups is 1. The van der Waals surface area contributed by atoms with Crippen LogP contribution in [0, 0.1) is 17.0 Å². The lowest BCUT2D eigenvalue weighted by Gasteiger charge is -2.06. The highest BCUT2D eigenvalue weighted by molar-refractivity contribution is 7.99. The van der Waals surface area contributed by atoms with Gasteiger partial charge >= 0.3 is 0 Å². The molecule has 0 atom stereocenters. The Balaban J connectivity index is 1.44. The summed E-state index contributed by atoms with van der Waals surface area (Å²) in [5.41, 5.74) is 1.63. The SMILES string of the molecule is Cc1ccc(NC(=O)CSc2nnc(-c3cc4ccccc4o3)n2C)cc1[N+](=O)[O-]. The fraction of sp³-hybridized carbons (Fsp3) is 0.150. The summed E-state index contributed by atoms with van der Waals surface area (Å²) in [5, 5.41) is 23.6. The molecule has 9 nitrogen and oxygen atoms in total. The summed E-state index contributed by atoms with van der Waals surface area (Å²) in [4.78, 5) is 22.9. The number of rotatable bonds is 6. The second-order valence-corrected chi connectivity index (χ2v) is 7.55. The van der Waals surface area contributed by atoms with Crippen molar-refractivity contribution in [2.75, 3.05) is 11.1 Å². The number of benzene rings is 2. The molecule has 0 aliphatic rings. The second-order valence-electron chi connectivity index (χ2n) is 6.61. The fourth-order valence-electron chi connectivity index (χ4n) is 2.96. The molecule has 4 aromatic rings. The Morgan fingerprint density at radius 1 is 1.23 bits per heavy atom. The molecule has 4 rings (SSSR count). The van der Waals surface area contributed by atoms with Crippen LogP contribution in [0.3, 0.4) is 0 Å². The molecule has 1 amide bonds. The van der Waals surface area contributed by atoms with E-state index in [4.69, 9.17) is 4.42 Å². The van der Waals surface area contributed by atoms with Crippen molar-refractivity contribution in [3.63, 3.8) is 0 Å². The molecule has 0 aliphatic carbocycles. The number of anilines is 1. The minimum absolute atomic E-state index is 0.0377. The van der Waals surface area contributed by atoms with Crippen LogP contribution in [0.15, 0.2) is 58.1 Å². The van der Waals surface area contributed by atoms with Gasteiger partial charge in [0.25, 0.3) is 5.69 Å². The molecule has 2 heterocycles. The van der Waals surface area contributed by atoms with E-state index in [1.165, 1.54) is 17.8 Å². The van der Waals surface area contributed by atoms with E-state index >= 15 is 0 Å². The number of hydrogen-bond donors (Lipinski definition) is 1. The van der Waals surface area contributed by atoms with E-state index in [2.05, 4.69) is 15.5 Å². The molecule has 0 unspecified atom stereocenters. The molecule has 0 spiro atoms. The average Bonchev–Trinajstić information content (AvgIpc) is 3.30. The summed E-state index contributed by atoms with van der Waals surface area (Å²) < 4.78 is 7.58. The van der Waals surface area contributed by atoms with Gasteiger partial charge in [-0.05, 0) is 25.1 Å². The number of aromatic nitrogens is 3. The van der Waals surface area contributed by atoms with Gasteiger partial charge in [0, 0.05) is 29.8 Å². The van der Waals surface area contributed by atoms with E-state index < -0.39 is 4.92 Å². The first-order chi connectivity index (χ1) is 14.4. The number of aryl methyl sites for hydroxylation is 1. The van der Waals surface area contributed by atoms with Crippen molar-refractivity contribution < 1.29 is 14.1 Å². The summed E-state index contributed by atoms with van der Waals surface area (Å²) in [6.07, 6.45) is 0. The highest BCUT2D eigenvalue weighted by Crippen LogP contribution is 2.28. The van der Waals surface area contributed by atoms with E-state index in [1.807, 2.05) is 30.3 Å². The minimum Gasteiger partial charge on any atom is -0.453 e. The van der Waals surface area contributed by atoms with Crippen molar-refractivity contribution in [1.82, 2.24) is 14.8 Å². The number of carbonyl (C=O) groups is 1. The van der Waals surface area contributed by atoms with Gasteiger partial charge in [0.1, 0.15) is 5.58 Å². The summed E-state index contributed by atoms with van der Waals surface area (Å²) in [7, 11) is 1.80. The van der Waals surface area contributed by atoms with E-state index in [0.717, 1.165) is 11.0 Å². The van der Waals surface area contributed by atoms with Crippen molar-refractivity contribution in [2.24, 2.45) is 7.05 Å². The van der Waals surface area contributed by atoms with Crippen molar-refractivity contribution in [3.05, 3.63) is 64.2 Å². The molecule has 2 aromatic heterocycles. The molecule has 0 saturated heterocycles. The molecule has 0 radical (unpaired) electrons. The van der Waals surface area contributed by atoms with Crippen molar-refractivity contribution in [1.29, 1.82) is 0 Å². The van der Waals surface area contributed by atoms with Crippen LogP contribution in [-0.4, -0.2) is 31.3 Å². The maximum Gasteiger partial charge on any atom is 0.274 e. The number of furan rings is 1. The molecule has 0 aliphatic heterocycles. The summed E-state index contributed by atoms with van der Waals surface area (Å²) in [5.74, 6) is 0.928. The van der Waals surface area contributed by atoms with Crippen molar-refractivity contribution >= 4 is 40.0 Å². The Morgan fingerprint density at radius 3 is 2.80 bits per heavy atom. The van der Waals surface area contributed by atoms with Crippen molar-refractivity contribution in [2.45, 2.75) is 12.1 Å². The van der Waals surface area contributed by atoms with Gasteiger partial charge in [-0.3, -0.25) is 14.9 Å². The minimum atomic E-state index is -0.473. The number of carbonyl (C=O) groups excluding carboxylic acids is 1. The van der Waals surface area contributed by atoms with Gasteiger partial charge in [-0.15, -0.1) is 10.2 Å². The van der Waals surface area contributed by atoms with Gasteiger partial charge in [-0.1, -0.05) is 36.0 Å². The smallest absolute Gasteiger partial charge is 0.274 e. The lowest BCUT2D eigenvalue weighted by molar-refractivity contribution is -0.385. The third-order valence-electron chi connectivity index (χ3n) is 4.50. The van der Waals surface area contributed by atoms with E-state index in [9.17, 15) is 14.9 Å². The quantitative estimate of drug-likeness (QED) is 0.281. The first kappa shape index (κ1) is 19.6. The number of nitrogens with one attached hydrogen (secondary N) is 1. The third-order valence-corrected chi connectivity index (χ3v) is 5.52. The molecule has 0 bridgehead atoms. The van der Waals surface area contributed by atoms with Crippen LogP contribution in [0.1, 0.15) is 5.56 Å². The van der Waals surface area contributed by atoms with Gasteiger partial charge in [-0.25, -0.2) is 0 Å². The lowest BCUT2D eigenvalue weighted by Crippen LogP contribution is -2.14. The Labute approximate surface area is 175 Å². The number of fused-ring (bicyclic) bond motifs is 1. The molecular formula is C20H17N5O4S. The molecule has 0 fully saturated rings. The summed E-state index contributed by atoms with van der Waals surface area (Å²) >= 11 is 1.21. The molecular weight excluding hydrogens is 406 g/mol. The molecule has 0 saturated carbocycles. The van der Waals surface area contributed by atoms with Crippen LogP contribution in [0.2, 0.25) is 0 Å². The number of nitrogens with zero attached hydrogens (tertiary/aromatic N) is 4. The summed E-state index contributed by atoms with van der Waals surface area (Å²) in [6.45, 7) is 1.65. The zero-order chi connectivity index (χ0) is 21.3. The van der Waals surface area contributed by atoms with E-state index in [1.54, 1.807) is 30.7 Å². The Bertz CT molecular complexity index is 1230. The first-order valence-electron chi connectivity index (χ1n) is 8.98. The number of hydrogen-bond acceptors (Lipinski definition) is 7. The van der Waals surface area contributed by atoms with Crippen LogP contribution in [0.5, 0.6) is 0 Å². The molecule has 30 heavy (non-hydrogen) atoms. The highest BCUT2D eigenvalue weighted by Gasteiger charge is 2.17. The fourth-order valence-corrected chi connectivity index (χ4v) is 3.67. The van der Waals surface area contributed by atoms with Crippen LogP contribution < -0.4 is 5.32 Å². The number of nitro benzene ring substituents is 1. The Morgan fingerprint density at radius 2 is 2.03 bits per heavy atom. The highest BCUT2D eigenvalue weighted by atomic mass is 32.2. The third kappa shape index (κ3) is 3.90. The first-order valence-corrected chi connectivity index (χ1v) is 9.97. The van der Waals surface area contributed by atoms with Crippen molar-refractivity contribution in [3.8, 4) is 11.6 Å². The largest absolute Gasteiger partial charge is 0.453 e. The number of thioether (sulfide) groups is 1. The monoisotopic (exact) mass is 423 g/mol. The zero-order valence-corrected chi connectivity index (χ0v) is 17.0. The topological polar surface area (TPSA) is 116 Å². The average molecular weight is 423 g/mol. The van der Waals surface area contributed by atoms with Gasteiger partial charge in [-0.2, -0.15) is 0 Å².